The van der Waals surface area contributed by atoms with Gasteiger partial charge in [-0.3, -0.25) is 14.6 Å². The summed E-state index contributed by atoms with van der Waals surface area (Å²) in [5, 5.41) is 2.92. The SMILES string of the molecule is CC(C)(NC(=O)C[C@H]1CCC(=O)O1)c1ccccn1. The molecule has 0 unspecified atom stereocenters. The smallest absolute Gasteiger partial charge is 0.306 e. The molecule has 2 heterocycles. The van der Waals surface area contributed by atoms with Crippen molar-refractivity contribution in [1.29, 1.82) is 0 Å². The summed E-state index contributed by atoms with van der Waals surface area (Å²) in [5.41, 5.74) is 0.257. The van der Waals surface area contributed by atoms with Crippen molar-refractivity contribution in [2.45, 2.75) is 44.8 Å². The highest BCUT2D eigenvalue weighted by atomic mass is 16.5. The lowest BCUT2D eigenvalue weighted by atomic mass is 9.99. The van der Waals surface area contributed by atoms with Crippen molar-refractivity contribution in [3.63, 3.8) is 0 Å². The van der Waals surface area contributed by atoms with Gasteiger partial charge in [-0.25, -0.2) is 0 Å². The van der Waals surface area contributed by atoms with Crippen LogP contribution in [0.25, 0.3) is 0 Å². The van der Waals surface area contributed by atoms with Crippen LogP contribution in [0.3, 0.4) is 0 Å². The monoisotopic (exact) mass is 262 g/mol. The summed E-state index contributed by atoms with van der Waals surface area (Å²) in [6.07, 6.45) is 2.65. The van der Waals surface area contributed by atoms with Gasteiger partial charge in [-0.1, -0.05) is 6.07 Å². The average Bonchev–Trinajstić information content (AvgIpc) is 2.75. The highest BCUT2D eigenvalue weighted by Crippen LogP contribution is 2.20. The Morgan fingerprint density at radius 3 is 2.89 bits per heavy atom. The van der Waals surface area contributed by atoms with Gasteiger partial charge in [0.15, 0.2) is 0 Å². The number of nitrogens with one attached hydrogen (secondary N) is 1. The standard InChI is InChI=1S/C14H18N2O3/c1-14(2,11-5-3-4-8-15-11)16-12(17)9-10-6-7-13(18)19-10/h3-5,8,10H,6-7,9H2,1-2H3,(H,16,17)/t10-/m1/s1. The molecule has 1 aliphatic rings. The Morgan fingerprint density at radius 1 is 1.53 bits per heavy atom. The van der Waals surface area contributed by atoms with Crippen molar-refractivity contribution >= 4 is 11.9 Å². The number of nitrogens with zero attached hydrogens (tertiary/aromatic N) is 1. The summed E-state index contributed by atoms with van der Waals surface area (Å²) in [6, 6.07) is 5.59. The molecule has 0 aromatic carbocycles. The van der Waals surface area contributed by atoms with E-state index < -0.39 is 5.54 Å². The van der Waals surface area contributed by atoms with Gasteiger partial charge in [0.1, 0.15) is 6.10 Å². The molecule has 1 amide bonds. The molecule has 2 rings (SSSR count). The van der Waals surface area contributed by atoms with E-state index in [4.69, 9.17) is 4.74 Å². The van der Waals surface area contributed by atoms with Crippen molar-refractivity contribution in [2.24, 2.45) is 0 Å². The molecule has 19 heavy (non-hydrogen) atoms. The third kappa shape index (κ3) is 3.53. The van der Waals surface area contributed by atoms with Crippen LogP contribution >= 0.6 is 0 Å². The van der Waals surface area contributed by atoms with Crippen LogP contribution in [0.4, 0.5) is 0 Å². The highest BCUT2D eigenvalue weighted by molar-refractivity contribution is 5.79. The number of ether oxygens (including phenoxy) is 1. The van der Waals surface area contributed by atoms with Crippen LogP contribution in [-0.4, -0.2) is 23.0 Å². The van der Waals surface area contributed by atoms with E-state index in [9.17, 15) is 9.59 Å². The maximum Gasteiger partial charge on any atom is 0.306 e. The van der Waals surface area contributed by atoms with Crippen LogP contribution in [0.5, 0.6) is 0 Å². The predicted molar refractivity (Wildman–Crippen MR) is 69.1 cm³/mol. The minimum absolute atomic E-state index is 0.129. The zero-order chi connectivity index (χ0) is 13.9. The van der Waals surface area contributed by atoms with E-state index in [-0.39, 0.29) is 24.4 Å². The molecule has 1 aliphatic heterocycles. The second-order valence-electron chi connectivity index (χ2n) is 5.24. The third-order valence-corrected chi connectivity index (χ3v) is 3.14. The highest BCUT2D eigenvalue weighted by Gasteiger charge is 2.29. The summed E-state index contributed by atoms with van der Waals surface area (Å²) >= 11 is 0. The molecule has 0 saturated carbocycles. The normalized spacial score (nSPS) is 19.1. The van der Waals surface area contributed by atoms with E-state index in [0.29, 0.717) is 12.8 Å². The van der Waals surface area contributed by atoms with E-state index in [1.54, 1.807) is 6.20 Å². The third-order valence-electron chi connectivity index (χ3n) is 3.14. The second-order valence-corrected chi connectivity index (χ2v) is 5.24. The quantitative estimate of drug-likeness (QED) is 0.835. The van der Waals surface area contributed by atoms with Crippen LogP contribution in [0.1, 0.15) is 38.8 Å². The van der Waals surface area contributed by atoms with E-state index in [1.165, 1.54) is 0 Å². The van der Waals surface area contributed by atoms with Gasteiger partial charge in [0.05, 0.1) is 17.7 Å². The van der Waals surface area contributed by atoms with Gasteiger partial charge in [-0.05, 0) is 32.4 Å². The lowest BCUT2D eigenvalue weighted by Gasteiger charge is -2.26. The van der Waals surface area contributed by atoms with Crippen LogP contribution in [0.15, 0.2) is 24.4 Å². The van der Waals surface area contributed by atoms with Gasteiger partial charge in [0.25, 0.3) is 0 Å². The average molecular weight is 262 g/mol. The molecule has 1 saturated heterocycles. The van der Waals surface area contributed by atoms with Crippen molar-refractivity contribution in [2.75, 3.05) is 0 Å². The Hall–Kier alpha value is -1.91. The van der Waals surface area contributed by atoms with Gasteiger partial charge in [0.2, 0.25) is 5.91 Å². The minimum Gasteiger partial charge on any atom is -0.462 e. The number of cyclic esters (lactones) is 1. The lowest BCUT2D eigenvalue weighted by Crippen LogP contribution is -2.42. The first-order valence-electron chi connectivity index (χ1n) is 6.39. The van der Waals surface area contributed by atoms with Gasteiger partial charge in [-0.2, -0.15) is 0 Å². The largest absolute Gasteiger partial charge is 0.462 e. The molecular weight excluding hydrogens is 244 g/mol. The van der Waals surface area contributed by atoms with Crippen LogP contribution in [0.2, 0.25) is 0 Å². The van der Waals surface area contributed by atoms with Crippen LogP contribution in [0, 0.1) is 0 Å². The first-order valence-corrected chi connectivity index (χ1v) is 6.39. The minimum atomic E-state index is -0.541. The summed E-state index contributed by atoms with van der Waals surface area (Å²) in [5.74, 6) is -0.350. The summed E-state index contributed by atoms with van der Waals surface area (Å²) < 4.78 is 5.04. The zero-order valence-electron chi connectivity index (χ0n) is 11.2. The second kappa shape index (κ2) is 5.38. The molecule has 1 N–H and O–H groups in total. The van der Waals surface area contributed by atoms with Crippen LogP contribution < -0.4 is 5.32 Å². The molecule has 1 atom stereocenters. The number of esters is 1. The number of hydrogen-bond acceptors (Lipinski definition) is 4. The zero-order valence-corrected chi connectivity index (χ0v) is 11.2. The number of pyridine rings is 1. The molecule has 0 spiro atoms. The van der Waals surface area contributed by atoms with Crippen molar-refractivity contribution in [3.8, 4) is 0 Å². The fourth-order valence-corrected chi connectivity index (χ4v) is 2.13. The Morgan fingerprint density at radius 2 is 2.32 bits per heavy atom. The maximum atomic E-state index is 12.0. The van der Waals surface area contributed by atoms with Gasteiger partial charge in [-0.15, -0.1) is 0 Å². The molecule has 1 aromatic rings. The number of rotatable bonds is 4. The summed E-state index contributed by atoms with van der Waals surface area (Å²) in [6.45, 7) is 3.79. The Bertz CT molecular complexity index is 471. The van der Waals surface area contributed by atoms with Gasteiger partial charge in [0, 0.05) is 12.6 Å². The maximum absolute atomic E-state index is 12.0. The summed E-state index contributed by atoms with van der Waals surface area (Å²) in [7, 11) is 0. The number of amides is 1. The molecule has 1 fully saturated rings. The Labute approximate surface area is 112 Å². The molecule has 0 radical (unpaired) electrons. The number of carbonyl (C=O) groups excluding carboxylic acids is 2. The number of hydrogen-bond donors (Lipinski definition) is 1. The Kier molecular flexibility index (Phi) is 3.83. The fraction of sp³-hybridized carbons (Fsp3) is 0.500. The van der Waals surface area contributed by atoms with E-state index in [0.717, 1.165) is 5.69 Å². The van der Waals surface area contributed by atoms with E-state index in [2.05, 4.69) is 10.3 Å². The predicted octanol–water partition coefficient (Wildman–Crippen LogP) is 1.53. The first-order chi connectivity index (χ1) is 8.97. The van der Waals surface area contributed by atoms with Crippen molar-refractivity contribution in [1.82, 2.24) is 10.3 Å². The molecule has 0 bridgehead atoms. The van der Waals surface area contributed by atoms with Gasteiger partial charge >= 0.3 is 5.97 Å². The molecule has 102 valence electrons. The molecule has 1 aromatic heterocycles. The number of carbonyl (C=O) groups is 2. The summed E-state index contributed by atoms with van der Waals surface area (Å²) in [4.78, 5) is 27.2. The molecule has 5 nitrogen and oxygen atoms in total. The van der Waals surface area contributed by atoms with E-state index in [1.807, 2.05) is 32.0 Å². The number of aromatic nitrogens is 1. The topological polar surface area (TPSA) is 68.3 Å². The van der Waals surface area contributed by atoms with Crippen LogP contribution in [-0.2, 0) is 19.9 Å². The van der Waals surface area contributed by atoms with E-state index >= 15 is 0 Å². The van der Waals surface area contributed by atoms with Crippen molar-refractivity contribution < 1.29 is 14.3 Å². The fourth-order valence-electron chi connectivity index (χ4n) is 2.13. The molecular formula is C14H18N2O3. The van der Waals surface area contributed by atoms with Crippen molar-refractivity contribution in [3.05, 3.63) is 30.1 Å². The molecule has 0 aliphatic carbocycles. The molecule has 5 heteroatoms. The van der Waals surface area contributed by atoms with Gasteiger partial charge < -0.3 is 10.1 Å². The lowest BCUT2D eigenvalue weighted by molar-refractivity contribution is -0.142. The first kappa shape index (κ1) is 13.5. The Balaban J connectivity index is 1.93.